The van der Waals surface area contributed by atoms with E-state index in [0.717, 1.165) is 5.69 Å². The lowest BCUT2D eigenvalue weighted by Crippen LogP contribution is -2.11. The maximum atomic E-state index is 11.8. The first-order valence-electron chi connectivity index (χ1n) is 6.53. The van der Waals surface area contributed by atoms with Crippen molar-refractivity contribution < 1.29 is 9.53 Å². The summed E-state index contributed by atoms with van der Waals surface area (Å²) in [4.78, 5) is 14.4. The van der Waals surface area contributed by atoms with Gasteiger partial charge in [-0.25, -0.2) is 4.79 Å². The molecule has 0 radical (unpaired) electrons. The van der Waals surface area contributed by atoms with Gasteiger partial charge in [-0.05, 0) is 44.5 Å². The molecule has 0 saturated carbocycles. The van der Waals surface area contributed by atoms with Crippen LogP contribution in [0.2, 0.25) is 0 Å². The Balaban J connectivity index is 2.26. The number of para-hydroxylation sites is 1. The largest absolute Gasteiger partial charge is 0.465 e. The minimum atomic E-state index is -0.321. The van der Waals surface area contributed by atoms with Crippen LogP contribution in [0.1, 0.15) is 38.6 Å². The Bertz CT molecular complexity index is 619. The van der Waals surface area contributed by atoms with Crippen LogP contribution in [-0.2, 0) is 4.74 Å². The minimum Gasteiger partial charge on any atom is -0.465 e. The third-order valence-electron chi connectivity index (χ3n) is 3.25. The average Bonchev–Trinajstić information content (AvgIpc) is 2.77. The van der Waals surface area contributed by atoms with Gasteiger partial charge in [0.25, 0.3) is 0 Å². The zero-order chi connectivity index (χ0) is 14.7. The number of carbonyl (C=O) groups excluding carboxylic acids is 1. The molecule has 1 atom stereocenters. The topological polar surface area (TPSA) is 38.3 Å². The molecule has 1 N–H and O–H groups in total. The number of carbonyl (C=O) groups is 1. The first-order valence-corrected chi connectivity index (χ1v) is 7.35. The molecule has 2 aromatic rings. The molecule has 0 amide bonds. The number of hydrogen-bond donors (Lipinski definition) is 1. The molecule has 20 heavy (non-hydrogen) atoms. The van der Waals surface area contributed by atoms with Crippen LogP contribution in [0.15, 0.2) is 30.3 Å². The summed E-state index contributed by atoms with van der Waals surface area (Å²) in [7, 11) is 1.40. The van der Waals surface area contributed by atoms with Crippen molar-refractivity contribution in [3.63, 3.8) is 0 Å². The number of ether oxygens (including phenoxy) is 1. The molecule has 0 aliphatic heterocycles. The quantitative estimate of drug-likeness (QED) is 0.852. The van der Waals surface area contributed by atoms with Gasteiger partial charge < -0.3 is 10.1 Å². The van der Waals surface area contributed by atoms with Crippen LogP contribution >= 0.6 is 11.3 Å². The molecular weight excluding hydrogens is 270 g/mol. The van der Waals surface area contributed by atoms with Gasteiger partial charge in [-0.3, -0.25) is 0 Å². The van der Waals surface area contributed by atoms with Crippen LogP contribution in [0.3, 0.4) is 0 Å². The smallest absolute Gasteiger partial charge is 0.339 e. The number of thiophene rings is 1. The van der Waals surface area contributed by atoms with Crippen molar-refractivity contribution in [2.45, 2.75) is 26.8 Å². The summed E-state index contributed by atoms with van der Waals surface area (Å²) >= 11 is 1.79. The second kappa shape index (κ2) is 6.09. The van der Waals surface area contributed by atoms with E-state index in [-0.39, 0.29) is 12.0 Å². The van der Waals surface area contributed by atoms with E-state index < -0.39 is 0 Å². The van der Waals surface area contributed by atoms with Crippen molar-refractivity contribution in [3.05, 3.63) is 51.2 Å². The highest BCUT2D eigenvalue weighted by Crippen LogP contribution is 2.29. The van der Waals surface area contributed by atoms with Crippen LogP contribution in [0, 0.1) is 13.8 Å². The third-order valence-corrected chi connectivity index (χ3v) is 4.23. The second-order valence-electron chi connectivity index (χ2n) is 4.77. The molecule has 0 saturated heterocycles. The zero-order valence-electron chi connectivity index (χ0n) is 12.2. The van der Waals surface area contributed by atoms with Crippen LogP contribution in [0.4, 0.5) is 5.69 Å². The zero-order valence-corrected chi connectivity index (χ0v) is 13.0. The van der Waals surface area contributed by atoms with E-state index in [4.69, 9.17) is 4.74 Å². The number of aryl methyl sites for hydroxylation is 2. The lowest BCUT2D eigenvalue weighted by Gasteiger charge is -2.17. The number of rotatable bonds is 4. The van der Waals surface area contributed by atoms with Gasteiger partial charge in [0.05, 0.1) is 12.7 Å². The van der Waals surface area contributed by atoms with Crippen LogP contribution in [-0.4, -0.2) is 13.1 Å². The molecule has 3 nitrogen and oxygen atoms in total. The fourth-order valence-corrected chi connectivity index (χ4v) is 3.31. The SMILES string of the molecule is COC(=O)c1ccccc1NC(C)c1cc(C)sc1C. The first kappa shape index (κ1) is 14.6. The van der Waals surface area contributed by atoms with E-state index in [0.29, 0.717) is 5.56 Å². The first-order chi connectivity index (χ1) is 9.52. The second-order valence-corrected chi connectivity index (χ2v) is 6.23. The van der Waals surface area contributed by atoms with Crippen molar-refractivity contribution in [1.29, 1.82) is 0 Å². The fourth-order valence-electron chi connectivity index (χ4n) is 2.29. The van der Waals surface area contributed by atoms with E-state index >= 15 is 0 Å². The molecule has 1 heterocycles. The molecule has 0 aliphatic carbocycles. The van der Waals surface area contributed by atoms with Gasteiger partial charge in [0.15, 0.2) is 0 Å². The highest BCUT2D eigenvalue weighted by Gasteiger charge is 2.15. The van der Waals surface area contributed by atoms with E-state index in [1.54, 1.807) is 17.4 Å². The monoisotopic (exact) mass is 289 g/mol. The summed E-state index contributed by atoms with van der Waals surface area (Å²) in [6, 6.07) is 9.75. The number of esters is 1. The predicted octanol–water partition coefficient (Wildman–Crippen LogP) is 4.32. The summed E-state index contributed by atoms with van der Waals surface area (Å²) in [6.45, 7) is 6.33. The fraction of sp³-hybridized carbons (Fsp3) is 0.312. The van der Waals surface area contributed by atoms with Crippen molar-refractivity contribution in [1.82, 2.24) is 0 Å². The Morgan fingerprint density at radius 1 is 1.30 bits per heavy atom. The van der Waals surface area contributed by atoms with E-state index in [9.17, 15) is 4.79 Å². The van der Waals surface area contributed by atoms with Gasteiger partial charge in [-0.15, -0.1) is 11.3 Å². The number of nitrogens with one attached hydrogen (secondary N) is 1. The number of anilines is 1. The molecule has 2 rings (SSSR count). The summed E-state index contributed by atoms with van der Waals surface area (Å²) in [5.74, 6) is -0.321. The molecule has 0 aliphatic rings. The molecule has 1 unspecified atom stereocenters. The Kier molecular flexibility index (Phi) is 4.45. The summed E-state index contributed by atoms with van der Waals surface area (Å²) in [5, 5.41) is 3.40. The van der Waals surface area contributed by atoms with Crippen LogP contribution in [0.25, 0.3) is 0 Å². The van der Waals surface area contributed by atoms with Crippen molar-refractivity contribution in [2.75, 3.05) is 12.4 Å². The number of hydrogen-bond acceptors (Lipinski definition) is 4. The van der Waals surface area contributed by atoms with E-state index in [1.165, 1.54) is 22.4 Å². The third kappa shape index (κ3) is 3.02. The van der Waals surface area contributed by atoms with Gasteiger partial charge in [0.1, 0.15) is 0 Å². The summed E-state index contributed by atoms with van der Waals surface area (Å²) in [5.41, 5.74) is 2.63. The summed E-state index contributed by atoms with van der Waals surface area (Å²) in [6.07, 6.45) is 0. The minimum absolute atomic E-state index is 0.144. The molecule has 0 fully saturated rings. The van der Waals surface area contributed by atoms with Crippen LogP contribution in [0.5, 0.6) is 0 Å². The Labute approximate surface area is 123 Å². The Hall–Kier alpha value is -1.81. The molecule has 0 bridgehead atoms. The maximum absolute atomic E-state index is 11.8. The van der Waals surface area contributed by atoms with Crippen molar-refractivity contribution in [2.24, 2.45) is 0 Å². The molecule has 0 spiro atoms. The van der Waals surface area contributed by atoms with Gasteiger partial charge in [0.2, 0.25) is 0 Å². The van der Waals surface area contributed by atoms with E-state index in [2.05, 4.69) is 32.2 Å². The predicted molar refractivity (Wildman–Crippen MR) is 83.6 cm³/mol. The van der Waals surface area contributed by atoms with E-state index in [1.807, 2.05) is 18.2 Å². The normalized spacial score (nSPS) is 12.0. The van der Waals surface area contributed by atoms with Crippen molar-refractivity contribution >= 4 is 23.0 Å². The van der Waals surface area contributed by atoms with Gasteiger partial charge in [-0.1, -0.05) is 12.1 Å². The lowest BCUT2D eigenvalue weighted by molar-refractivity contribution is 0.0602. The maximum Gasteiger partial charge on any atom is 0.339 e. The molecular formula is C16H19NO2S. The lowest BCUT2D eigenvalue weighted by atomic mass is 10.1. The molecule has 106 valence electrons. The Morgan fingerprint density at radius 2 is 2.00 bits per heavy atom. The molecule has 1 aromatic carbocycles. The summed E-state index contributed by atoms with van der Waals surface area (Å²) < 4.78 is 4.82. The number of methoxy groups -OCH3 is 1. The average molecular weight is 289 g/mol. The standard InChI is InChI=1S/C16H19NO2S/c1-10-9-14(12(3)20-10)11(2)17-15-8-6-5-7-13(15)16(18)19-4/h5-9,11,17H,1-4H3. The number of benzene rings is 1. The van der Waals surface area contributed by atoms with Gasteiger partial charge in [-0.2, -0.15) is 0 Å². The van der Waals surface area contributed by atoms with Crippen molar-refractivity contribution in [3.8, 4) is 0 Å². The molecule has 4 heteroatoms. The highest BCUT2D eigenvalue weighted by molar-refractivity contribution is 7.12. The highest BCUT2D eigenvalue weighted by atomic mass is 32.1. The van der Waals surface area contributed by atoms with Gasteiger partial charge in [0, 0.05) is 21.5 Å². The molecule has 1 aromatic heterocycles. The van der Waals surface area contributed by atoms with Crippen LogP contribution < -0.4 is 5.32 Å². The Morgan fingerprint density at radius 3 is 2.60 bits per heavy atom. The van der Waals surface area contributed by atoms with Gasteiger partial charge >= 0.3 is 5.97 Å².